The Labute approximate surface area is 184 Å². The first-order chi connectivity index (χ1) is 12.7. The zero-order valence-electron chi connectivity index (χ0n) is 16.4. The molecule has 0 radical (unpaired) electrons. The summed E-state index contributed by atoms with van der Waals surface area (Å²) in [6, 6.07) is 4.77. The lowest BCUT2D eigenvalue weighted by atomic mass is 10.2. The molecular formula is C19H33IN4O2S. The van der Waals surface area contributed by atoms with Gasteiger partial charge in [-0.2, -0.15) is 0 Å². The van der Waals surface area contributed by atoms with Crippen LogP contribution in [0.15, 0.2) is 22.5 Å². The smallest absolute Gasteiger partial charge is 0.305 e. The number of likely N-dealkylation sites (tertiary alicyclic amines) is 1. The van der Waals surface area contributed by atoms with Crippen LogP contribution < -0.4 is 10.6 Å². The summed E-state index contributed by atoms with van der Waals surface area (Å²) in [5, 5.41) is 9.01. The van der Waals surface area contributed by atoms with E-state index in [1.165, 1.54) is 37.9 Å². The molecule has 2 heterocycles. The average molecular weight is 508 g/mol. The molecule has 1 aliphatic heterocycles. The molecule has 0 aliphatic carbocycles. The monoisotopic (exact) mass is 508 g/mol. The molecule has 0 amide bonds. The van der Waals surface area contributed by atoms with Crippen molar-refractivity contribution in [3.63, 3.8) is 0 Å². The molecule has 1 unspecified atom stereocenters. The third kappa shape index (κ3) is 8.78. The lowest BCUT2D eigenvalue weighted by Gasteiger charge is -2.27. The van der Waals surface area contributed by atoms with E-state index in [2.05, 4.69) is 42.8 Å². The first-order valence-electron chi connectivity index (χ1n) is 9.53. The molecule has 8 heteroatoms. The fourth-order valence-corrected chi connectivity index (χ4v) is 4.10. The van der Waals surface area contributed by atoms with Crippen molar-refractivity contribution in [2.45, 2.75) is 44.6 Å². The largest absolute Gasteiger partial charge is 0.469 e. The van der Waals surface area contributed by atoms with Crippen LogP contribution >= 0.6 is 35.3 Å². The average Bonchev–Trinajstić information content (AvgIpc) is 3.37. The number of guanidine groups is 1. The summed E-state index contributed by atoms with van der Waals surface area (Å²) in [4.78, 5) is 19.4. The minimum Gasteiger partial charge on any atom is -0.469 e. The SMILES string of the molecule is CN=C(NCCCCCC(=O)OC)NCC(c1cccs1)N1CCCC1.I. The third-order valence-electron chi connectivity index (χ3n) is 4.72. The summed E-state index contributed by atoms with van der Waals surface area (Å²) in [6.45, 7) is 4.07. The number of nitrogens with one attached hydrogen (secondary N) is 2. The van der Waals surface area contributed by atoms with Crippen LogP contribution in [0.3, 0.4) is 0 Å². The van der Waals surface area contributed by atoms with Crippen molar-refractivity contribution in [1.29, 1.82) is 0 Å². The molecule has 1 aliphatic rings. The van der Waals surface area contributed by atoms with Gasteiger partial charge in [0.15, 0.2) is 5.96 Å². The molecule has 1 aromatic rings. The Morgan fingerprint density at radius 3 is 2.70 bits per heavy atom. The number of carbonyl (C=O) groups excluding carboxylic acids is 1. The van der Waals surface area contributed by atoms with Crippen LogP contribution in [0.5, 0.6) is 0 Å². The van der Waals surface area contributed by atoms with Crippen LogP contribution in [0.2, 0.25) is 0 Å². The molecule has 6 nitrogen and oxygen atoms in total. The number of carbonyl (C=O) groups is 1. The lowest BCUT2D eigenvalue weighted by Crippen LogP contribution is -2.42. The van der Waals surface area contributed by atoms with Gasteiger partial charge in [0, 0.05) is 31.4 Å². The van der Waals surface area contributed by atoms with Gasteiger partial charge in [-0.1, -0.05) is 12.5 Å². The van der Waals surface area contributed by atoms with Crippen molar-refractivity contribution in [2.24, 2.45) is 4.99 Å². The Balaban J connectivity index is 0.00000364. The number of nitrogens with zero attached hydrogens (tertiary/aromatic N) is 2. The highest BCUT2D eigenvalue weighted by molar-refractivity contribution is 14.0. The van der Waals surface area contributed by atoms with Crippen LogP contribution in [0, 0.1) is 0 Å². The highest BCUT2D eigenvalue weighted by atomic mass is 127. The van der Waals surface area contributed by atoms with Crippen molar-refractivity contribution >= 4 is 47.2 Å². The molecule has 2 rings (SSSR count). The van der Waals surface area contributed by atoms with Gasteiger partial charge in [0.1, 0.15) is 0 Å². The number of rotatable bonds is 10. The molecule has 1 saturated heterocycles. The Hall–Kier alpha value is -0.870. The molecule has 0 saturated carbocycles. The Kier molecular flexibility index (Phi) is 12.7. The Morgan fingerprint density at radius 2 is 2.07 bits per heavy atom. The van der Waals surface area contributed by atoms with Crippen molar-refractivity contribution < 1.29 is 9.53 Å². The van der Waals surface area contributed by atoms with Gasteiger partial charge in [-0.15, -0.1) is 35.3 Å². The minimum absolute atomic E-state index is 0. The fraction of sp³-hybridized carbons (Fsp3) is 0.684. The van der Waals surface area contributed by atoms with Crippen LogP contribution in [-0.4, -0.2) is 57.2 Å². The van der Waals surface area contributed by atoms with E-state index in [1.54, 1.807) is 0 Å². The summed E-state index contributed by atoms with van der Waals surface area (Å²) >= 11 is 1.83. The first-order valence-corrected chi connectivity index (χ1v) is 10.4. The van der Waals surface area contributed by atoms with Crippen LogP contribution in [0.4, 0.5) is 0 Å². The van der Waals surface area contributed by atoms with Crippen molar-refractivity contribution in [3.8, 4) is 0 Å². The second kappa shape index (κ2) is 14.2. The molecule has 1 aromatic heterocycles. The second-order valence-electron chi connectivity index (χ2n) is 6.54. The predicted molar refractivity (Wildman–Crippen MR) is 123 cm³/mol. The van der Waals surface area contributed by atoms with Crippen molar-refractivity contribution in [3.05, 3.63) is 22.4 Å². The molecule has 0 bridgehead atoms. The van der Waals surface area contributed by atoms with E-state index < -0.39 is 0 Å². The van der Waals surface area contributed by atoms with Crippen LogP contribution in [-0.2, 0) is 9.53 Å². The summed E-state index contributed by atoms with van der Waals surface area (Å²) in [5.74, 6) is 0.718. The molecule has 2 N–H and O–H groups in total. The van der Waals surface area contributed by atoms with E-state index in [9.17, 15) is 4.79 Å². The maximum Gasteiger partial charge on any atom is 0.305 e. The molecule has 1 fully saturated rings. The lowest BCUT2D eigenvalue weighted by molar-refractivity contribution is -0.140. The Morgan fingerprint density at radius 1 is 1.30 bits per heavy atom. The van der Waals surface area contributed by atoms with Gasteiger partial charge in [-0.3, -0.25) is 14.7 Å². The summed E-state index contributed by atoms with van der Waals surface area (Å²) in [6.07, 6.45) is 5.97. The van der Waals surface area contributed by atoms with E-state index in [0.29, 0.717) is 12.5 Å². The van der Waals surface area contributed by atoms with E-state index in [0.717, 1.165) is 38.3 Å². The van der Waals surface area contributed by atoms with Crippen molar-refractivity contribution in [2.75, 3.05) is 40.3 Å². The first kappa shape index (κ1) is 24.2. The molecule has 0 spiro atoms. The van der Waals surface area contributed by atoms with E-state index in [4.69, 9.17) is 0 Å². The molecule has 0 aromatic carbocycles. The number of hydrogen-bond acceptors (Lipinski definition) is 5. The van der Waals surface area contributed by atoms with Gasteiger partial charge < -0.3 is 15.4 Å². The minimum atomic E-state index is -0.128. The zero-order chi connectivity index (χ0) is 18.6. The number of thiophene rings is 1. The van der Waals surface area contributed by atoms with Gasteiger partial charge >= 0.3 is 5.97 Å². The van der Waals surface area contributed by atoms with Crippen molar-refractivity contribution in [1.82, 2.24) is 15.5 Å². The summed E-state index contributed by atoms with van der Waals surface area (Å²) < 4.78 is 4.65. The van der Waals surface area contributed by atoms with E-state index in [1.807, 2.05) is 18.4 Å². The van der Waals surface area contributed by atoms with Gasteiger partial charge in [0.2, 0.25) is 0 Å². The number of unbranched alkanes of at least 4 members (excludes halogenated alkanes) is 2. The number of methoxy groups -OCH3 is 1. The van der Waals surface area contributed by atoms with Gasteiger partial charge in [-0.25, -0.2) is 0 Å². The summed E-state index contributed by atoms with van der Waals surface area (Å²) in [7, 11) is 3.24. The maximum atomic E-state index is 11.1. The number of ether oxygens (including phenoxy) is 1. The quantitative estimate of drug-likeness (QED) is 0.167. The number of esters is 1. The van der Waals surface area contributed by atoms with E-state index in [-0.39, 0.29) is 29.9 Å². The fourth-order valence-electron chi connectivity index (χ4n) is 3.24. The Bertz CT molecular complexity index is 548. The van der Waals surface area contributed by atoms with Gasteiger partial charge in [0.05, 0.1) is 13.2 Å². The number of hydrogen-bond donors (Lipinski definition) is 2. The predicted octanol–water partition coefficient (Wildman–Crippen LogP) is 3.40. The molecular weight excluding hydrogens is 475 g/mol. The van der Waals surface area contributed by atoms with Crippen LogP contribution in [0.1, 0.15) is 49.4 Å². The van der Waals surface area contributed by atoms with Gasteiger partial charge in [-0.05, 0) is 50.2 Å². The summed E-state index contributed by atoms with van der Waals surface area (Å²) in [5.41, 5.74) is 0. The van der Waals surface area contributed by atoms with Crippen LogP contribution in [0.25, 0.3) is 0 Å². The highest BCUT2D eigenvalue weighted by Crippen LogP contribution is 2.27. The van der Waals surface area contributed by atoms with E-state index >= 15 is 0 Å². The zero-order valence-corrected chi connectivity index (χ0v) is 19.6. The topological polar surface area (TPSA) is 66.0 Å². The highest BCUT2D eigenvalue weighted by Gasteiger charge is 2.24. The second-order valence-corrected chi connectivity index (χ2v) is 7.52. The number of aliphatic imine (C=N–C) groups is 1. The number of halogens is 1. The molecule has 154 valence electrons. The molecule has 1 atom stereocenters. The standard InChI is InChI=1S/C19H32N4O2S.HI/c1-20-19(21-11-5-3-4-10-18(24)25-2)22-15-16(17-9-8-14-26-17)23-12-6-7-13-23;/h8-9,14,16H,3-7,10-13,15H2,1-2H3,(H2,20,21,22);1H. The molecule has 27 heavy (non-hydrogen) atoms. The maximum absolute atomic E-state index is 11.1. The van der Waals surface area contributed by atoms with Gasteiger partial charge in [0.25, 0.3) is 0 Å². The normalized spacial score (nSPS) is 15.9. The third-order valence-corrected chi connectivity index (χ3v) is 5.69.